The Labute approximate surface area is 102 Å². The fraction of sp³-hybridized carbons (Fsp3) is 0.417. The van der Waals surface area contributed by atoms with Crippen molar-refractivity contribution in [1.29, 1.82) is 0 Å². The van der Waals surface area contributed by atoms with Gasteiger partial charge in [0, 0.05) is 12.0 Å². The van der Waals surface area contributed by atoms with E-state index in [2.05, 4.69) is 4.99 Å². The summed E-state index contributed by atoms with van der Waals surface area (Å²) in [6.07, 6.45) is -0.626. The van der Waals surface area contributed by atoms with Gasteiger partial charge >= 0.3 is 0 Å². The number of alkyl halides is 2. The van der Waals surface area contributed by atoms with E-state index in [0.717, 1.165) is 0 Å². The third-order valence-corrected chi connectivity index (χ3v) is 2.56. The lowest BCUT2D eigenvalue weighted by molar-refractivity contribution is 0.149. The van der Waals surface area contributed by atoms with Crippen molar-refractivity contribution in [2.45, 2.75) is 19.4 Å². The first-order valence-electron chi connectivity index (χ1n) is 5.46. The monoisotopic (exact) mass is 255 g/mol. The molecule has 1 aromatic carbocycles. The molecule has 0 amide bonds. The number of hydrogen-bond donors (Lipinski definition) is 0. The van der Waals surface area contributed by atoms with Gasteiger partial charge in [0.25, 0.3) is 6.43 Å². The summed E-state index contributed by atoms with van der Waals surface area (Å²) in [5, 5.41) is 0. The molecule has 0 atom stereocenters. The summed E-state index contributed by atoms with van der Waals surface area (Å²) in [5.41, 5.74) is 0.0517. The zero-order chi connectivity index (χ0) is 13.0. The number of ether oxygens (including phenoxy) is 2. The van der Waals surface area contributed by atoms with Crippen LogP contribution in [0.1, 0.15) is 24.0 Å². The molecule has 0 aromatic heterocycles. The zero-order valence-electron chi connectivity index (χ0n) is 9.49. The van der Waals surface area contributed by atoms with Crippen LogP contribution in [0.15, 0.2) is 17.1 Å². The Morgan fingerprint density at radius 2 is 1.94 bits per heavy atom. The summed E-state index contributed by atoms with van der Waals surface area (Å²) in [5.74, 6) is 0.717. The van der Waals surface area contributed by atoms with Gasteiger partial charge < -0.3 is 9.47 Å². The van der Waals surface area contributed by atoms with Crippen LogP contribution < -0.4 is 9.47 Å². The molecule has 0 unspecified atom stereocenters. The molecule has 6 heteroatoms. The van der Waals surface area contributed by atoms with Gasteiger partial charge in [0.05, 0.1) is 19.8 Å². The lowest BCUT2D eigenvalue weighted by atomic mass is 10.1. The van der Waals surface area contributed by atoms with E-state index < -0.39 is 6.43 Å². The van der Waals surface area contributed by atoms with Crippen LogP contribution in [0.25, 0.3) is 0 Å². The molecule has 0 aliphatic carbocycles. The van der Waals surface area contributed by atoms with Crippen molar-refractivity contribution < 1.29 is 23.0 Å². The highest BCUT2D eigenvalue weighted by Crippen LogP contribution is 2.36. The summed E-state index contributed by atoms with van der Waals surface area (Å²) in [6.45, 7) is 0.763. The van der Waals surface area contributed by atoms with Gasteiger partial charge in [-0.1, -0.05) is 0 Å². The van der Waals surface area contributed by atoms with Crippen molar-refractivity contribution >= 4 is 6.08 Å². The first-order valence-corrected chi connectivity index (χ1v) is 5.46. The predicted molar refractivity (Wildman–Crippen MR) is 58.8 cm³/mol. The number of carbonyl (C=O) groups excluding carboxylic acids is 1. The van der Waals surface area contributed by atoms with E-state index in [-0.39, 0.29) is 17.7 Å². The van der Waals surface area contributed by atoms with E-state index in [4.69, 9.17) is 9.47 Å². The van der Waals surface area contributed by atoms with Gasteiger partial charge in [-0.2, -0.15) is 0 Å². The summed E-state index contributed by atoms with van der Waals surface area (Å²) in [6, 6.07) is 2.70. The highest BCUT2D eigenvalue weighted by atomic mass is 19.3. The summed E-state index contributed by atoms with van der Waals surface area (Å²) >= 11 is 0. The highest BCUT2D eigenvalue weighted by molar-refractivity contribution is 5.48. The van der Waals surface area contributed by atoms with Crippen LogP contribution in [-0.4, -0.2) is 19.3 Å². The minimum atomic E-state index is -2.65. The molecule has 96 valence electrons. The van der Waals surface area contributed by atoms with Crippen LogP contribution in [0.3, 0.4) is 0 Å². The van der Waals surface area contributed by atoms with Gasteiger partial charge in [0.1, 0.15) is 0 Å². The van der Waals surface area contributed by atoms with Crippen LogP contribution in [0.2, 0.25) is 0 Å². The molecule has 1 aliphatic rings. The SMILES string of the molecule is O=C=NCc1cc2c(cc1C(F)F)OCCCO2. The molecule has 0 saturated heterocycles. The van der Waals surface area contributed by atoms with Crippen LogP contribution >= 0.6 is 0 Å². The molecular formula is C12H11F2NO3. The van der Waals surface area contributed by atoms with E-state index in [1.54, 1.807) is 0 Å². The molecule has 1 heterocycles. The highest BCUT2D eigenvalue weighted by Gasteiger charge is 2.19. The van der Waals surface area contributed by atoms with Crippen molar-refractivity contribution in [3.63, 3.8) is 0 Å². The summed E-state index contributed by atoms with van der Waals surface area (Å²) < 4.78 is 36.5. The maximum atomic E-state index is 12.9. The fourth-order valence-corrected chi connectivity index (χ4v) is 1.72. The average molecular weight is 255 g/mol. The smallest absolute Gasteiger partial charge is 0.264 e. The standard InChI is InChI=1S/C12H11F2NO3/c13-12(14)9-5-11-10(17-2-1-3-18-11)4-8(9)6-15-7-16/h4-5,12H,1-3,6H2. The molecule has 1 aromatic rings. The van der Waals surface area contributed by atoms with Crippen molar-refractivity contribution in [3.8, 4) is 11.5 Å². The Bertz CT molecular complexity index is 484. The lowest BCUT2D eigenvalue weighted by Crippen LogP contribution is -1.98. The Morgan fingerprint density at radius 1 is 1.28 bits per heavy atom. The van der Waals surface area contributed by atoms with E-state index in [1.165, 1.54) is 18.2 Å². The minimum absolute atomic E-state index is 0.139. The van der Waals surface area contributed by atoms with Crippen molar-refractivity contribution in [1.82, 2.24) is 0 Å². The summed E-state index contributed by atoms with van der Waals surface area (Å²) in [7, 11) is 0. The van der Waals surface area contributed by atoms with Gasteiger partial charge in [-0.3, -0.25) is 0 Å². The molecule has 4 nitrogen and oxygen atoms in total. The Kier molecular flexibility index (Phi) is 3.89. The van der Waals surface area contributed by atoms with E-state index in [9.17, 15) is 13.6 Å². The van der Waals surface area contributed by atoms with Crippen LogP contribution in [0.5, 0.6) is 11.5 Å². The van der Waals surface area contributed by atoms with E-state index in [0.29, 0.717) is 31.1 Å². The molecule has 0 spiro atoms. The Balaban J connectivity index is 2.43. The second-order valence-electron chi connectivity index (χ2n) is 3.76. The predicted octanol–water partition coefficient (Wildman–Crippen LogP) is 2.62. The molecule has 2 rings (SSSR count). The second-order valence-corrected chi connectivity index (χ2v) is 3.76. The average Bonchev–Trinajstić information content (AvgIpc) is 2.59. The number of isocyanates is 1. The van der Waals surface area contributed by atoms with Crippen LogP contribution in [0.4, 0.5) is 8.78 Å². The minimum Gasteiger partial charge on any atom is -0.490 e. The molecule has 0 saturated carbocycles. The molecule has 0 N–H and O–H groups in total. The number of fused-ring (bicyclic) bond motifs is 1. The van der Waals surface area contributed by atoms with Crippen molar-refractivity contribution in [2.24, 2.45) is 4.99 Å². The van der Waals surface area contributed by atoms with Gasteiger partial charge in [-0.05, 0) is 17.7 Å². The van der Waals surface area contributed by atoms with E-state index in [1.807, 2.05) is 0 Å². The fourth-order valence-electron chi connectivity index (χ4n) is 1.72. The van der Waals surface area contributed by atoms with Gasteiger partial charge in [-0.25, -0.2) is 18.6 Å². The number of aliphatic imine (C=N–C) groups is 1. The normalized spacial score (nSPS) is 13.9. The number of nitrogens with zero attached hydrogens (tertiary/aromatic N) is 1. The number of benzene rings is 1. The number of rotatable bonds is 3. The third-order valence-electron chi connectivity index (χ3n) is 2.56. The molecule has 1 aliphatic heterocycles. The quantitative estimate of drug-likeness (QED) is 0.616. The van der Waals surface area contributed by atoms with E-state index >= 15 is 0 Å². The second kappa shape index (κ2) is 5.60. The van der Waals surface area contributed by atoms with Crippen molar-refractivity contribution in [2.75, 3.05) is 13.2 Å². The molecule has 0 bridgehead atoms. The first-order chi connectivity index (χ1) is 8.72. The molecular weight excluding hydrogens is 244 g/mol. The molecule has 0 fully saturated rings. The first kappa shape index (κ1) is 12.5. The maximum absolute atomic E-state index is 12.9. The summed E-state index contributed by atoms with van der Waals surface area (Å²) in [4.78, 5) is 13.4. The van der Waals surface area contributed by atoms with Gasteiger partial charge in [0.15, 0.2) is 11.5 Å². The van der Waals surface area contributed by atoms with Gasteiger partial charge in [-0.15, -0.1) is 0 Å². The Hall–Kier alpha value is -1.94. The van der Waals surface area contributed by atoms with Crippen LogP contribution in [-0.2, 0) is 11.3 Å². The molecule has 0 radical (unpaired) electrons. The molecule has 18 heavy (non-hydrogen) atoms. The number of halogens is 2. The third kappa shape index (κ3) is 2.65. The lowest BCUT2D eigenvalue weighted by Gasteiger charge is -2.12. The number of hydrogen-bond acceptors (Lipinski definition) is 4. The Morgan fingerprint density at radius 3 is 2.56 bits per heavy atom. The zero-order valence-corrected chi connectivity index (χ0v) is 9.49. The maximum Gasteiger partial charge on any atom is 0.264 e. The van der Waals surface area contributed by atoms with Crippen molar-refractivity contribution in [3.05, 3.63) is 23.3 Å². The van der Waals surface area contributed by atoms with Crippen LogP contribution in [0, 0.1) is 0 Å². The largest absolute Gasteiger partial charge is 0.490 e. The van der Waals surface area contributed by atoms with Gasteiger partial charge in [0.2, 0.25) is 6.08 Å². The topological polar surface area (TPSA) is 47.9 Å².